The Morgan fingerprint density at radius 2 is 1.76 bits per heavy atom. The van der Waals surface area contributed by atoms with Crippen LogP contribution in [0.15, 0.2) is 53.3 Å². The number of hydrogen-bond donors (Lipinski definition) is 0. The van der Waals surface area contributed by atoms with Crippen molar-refractivity contribution >= 4 is 16.8 Å². The summed E-state index contributed by atoms with van der Waals surface area (Å²) in [6, 6.07) is 14.4. The molecule has 1 amide bonds. The van der Waals surface area contributed by atoms with Crippen LogP contribution < -0.4 is 10.3 Å². The molecule has 33 heavy (non-hydrogen) atoms. The second-order valence-corrected chi connectivity index (χ2v) is 8.40. The summed E-state index contributed by atoms with van der Waals surface area (Å²) in [6.07, 6.45) is 5.58. The van der Waals surface area contributed by atoms with Gasteiger partial charge in [0.15, 0.2) is 0 Å². The Morgan fingerprint density at radius 1 is 1.03 bits per heavy atom. The predicted octanol–water partition coefficient (Wildman–Crippen LogP) is 5.66. The second-order valence-electron chi connectivity index (χ2n) is 8.40. The molecule has 1 atom stereocenters. The SMILES string of the molecule is CCCCCCN(C(=O)CCC)C(C)c1nc2ccccc2c(=O)n1-c1ccc(OC)cc1. The number of ether oxygens (including phenoxy) is 1. The molecule has 176 valence electrons. The van der Waals surface area contributed by atoms with Crippen molar-refractivity contribution in [3.05, 3.63) is 64.7 Å². The summed E-state index contributed by atoms with van der Waals surface area (Å²) in [6.45, 7) is 6.82. The molecule has 3 rings (SSSR count). The number of unbranched alkanes of at least 4 members (excludes halogenated alkanes) is 3. The highest BCUT2D eigenvalue weighted by atomic mass is 16.5. The number of fused-ring (bicyclic) bond motifs is 1. The fourth-order valence-corrected chi connectivity index (χ4v) is 4.15. The summed E-state index contributed by atoms with van der Waals surface area (Å²) in [4.78, 5) is 33.5. The van der Waals surface area contributed by atoms with Crippen LogP contribution in [0, 0.1) is 0 Å². The van der Waals surface area contributed by atoms with Gasteiger partial charge in [-0.05, 0) is 56.2 Å². The monoisotopic (exact) mass is 449 g/mol. The largest absolute Gasteiger partial charge is 0.497 e. The van der Waals surface area contributed by atoms with E-state index < -0.39 is 0 Å². The summed E-state index contributed by atoms with van der Waals surface area (Å²) in [5.74, 6) is 1.39. The van der Waals surface area contributed by atoms with Gasteiger partial charge in [0, 0.05) is 13.0 Å². The smallest absolute Gasteiger partial charge is 0.266 e. The third kappa shape index (κ3) is 5.62. The molecule has 1 unspecified atom stereocenters. The fourth-order valence-electron chi connectivity index (χ4n) is 4.15. The number of carbonyl (C=O) groups excluding carboxylic acids is 1. The summed E-state index contributed by atoms with van der Waals surface area (Å²) < 4.78 is 6.93. The van der Waals surface area contributed by atoms with Crippen molar-refractivity contribution in [1.82, 2.24) is 14.5 Å². The van der Waals surface area contributed by atoms with Crippen molar-refractivity contribution in [2.24, 2.45) is 0 Å². The molecule has 0 aliphatic rings. The molecule has 0 aliphatic heterocycles. The lowest BCUT2D eigenvalue weighted by Crippen LogP contribution is -2.38. The first-order valence-electron chi connectivity index (χ1n) is 12.0. The van der Waals surface area contributed by atoms with Gasteiger partial charge in [-0.2, -0.15) is 0 Å². The van der Waals surface area contributed by atoms with E-state index in [0.717, 1.165) is 32.1 Å². The average Bonchev–Trinajstić information content (AvgIpc) is 2.84. The molecule has 0 N–H and O–H groups in total. The molecule has 2 aromatic carbocycles. The Balaban J connectivity index is 2.12. The first-order chi connectivity index (χ1) is 16.0. The minimum absolute atomic E-state index is 0.102. The lowest BCUT2D eigenvalue weighted by atomic mass is 10.1. The van der Waals surface area contributed by atoms with E-state index in [2.05, 4.69) is 6.92 Å². The first kappa shape index (κ1) is 24.5. The molecular weight excluding hydrogens is 414 g/mol. The zero-order chi connectivity index (χ0) is 23.8. The van der Waals surface area contributed by atoms with Crippen LogP contribution in [0.2, 0.25) is 0 Å². The van der Waals surface area contributed by atoms with Crippen LogP contribution in [-0.4, -0.2) is 34.0 Å². The lowest BCUT2D eigenvalue weighted by Gasteiger charge is -2.31. The molecule has 0 radical (unpaired) electrons. The van der Waals surface area contributed by atoms with Crippen LogP contribution in [0.4, 0.5) is 0 Å². The second kappa shape index (κ2) is 11.6. The van der Waals surface area contributed by atoms with E-state index in [9.17, 15) is 9.59 Å². The van der Waals surface area contributed by atoms with Gasteiger partial charge >= 0.3 is 0 Å². The molecule has 1 heterocycles. The van der Waals surface area contributed by atoms with Gasteiger partial charge in [0.05, 0.1) is 29.7 Å². The predicted molar refractivity (Wildman–Crippen MR) is 133 cm³/mol. The number of rotatable bonds is 11. The Morgan fingerprint density at radius 3 is 2.42 bits per heavy atom. The molecule has 0 aliphatic carbocycles. The topological polar surface area (TPSA) is 64.4 Å². The Labute approximate surface area is 196 Å². The van der Waals surface area contributed by atoms with Crippen LogP contribution in [0.25, 0.3) is 16.6 Å². The average molecular weight is 450 g/mol. The van der Waals surface area contributed by atoms with Crippen molar-refractivity contribution in [1.29, 1.82) is 0 Å². The number of hydrogen-bond acceptors (Lipinski definition) is 4. The van der Waals surface area contributed by atoms with E-state index >= 15 is 0 Å². The molecule has 3 aromatic rings. The molecule has 6 nitrogen and oxygen atoms in total. The van der Waals surface area contributed by atoms with Crippen LogP contribution in [0.1, 0.15) is 71.2 Å². The minimum atomic E-state index is -0.343. The van der Waals surface area contributed by atoms with Crippen LogP contribution in [-0.2, 0) is 4.79 Å². The quantitative estimate of drug-likeness (QED) is 0.354. The first-order valence-corrected chi connectivity index (χ1v) is 12.0. The standard InChI is InChI=1S/C27H35N3O3/c1-5-7-8-11-19-29(25(31)12-6-2)20(3)26-28-24-14-10-9-13-23(24)27(32)30(26)21-15-17-22(33-4)18-16-21/h9-10,13-18,20H,5-8,11-12,19H2,1-4H3. The zero-order valence-corrected chi connectivity index (χ0v) is 20.2. The molecule has 0 fully saturated rings. The Kier molecular flexibility index (Phi) is 8.64. The number of aromatic nitrogens is 2. The maximum atomic E-state index is 13.6. The number of nitrogens with zero attached hydrogens (tertiary/aromatic N) is 3. The molecule has 0 saturated heterocycles. The number of amides is 1. The zero-order valence-electron chi connectivity index (χ0n) is 20.2. The van der Waals surface area contributed by atoms with Crippen molar-refractivity contribution < 1.29 is 9.53 Å². The van der Waals surface area contributed by atoms with Crippen molar-refractivity contribution in [3.8, 4) is 11.4 Å². The van der Waals surface area contributed by atoms with E-state index in [0.29, 0.717) is 41.1 Å². The Bertz CT molecular complexity index is 1120. The molecule has 0 saturated carbocycles. The minimum Gasteiger partial charge on any atom is -0.497 e. The number of carbonyl (C=O) groups is 1. The van der Waals surface area contributed by atoms with E-state index in [1.807, 2.05) is 61.2 Å². The third-order valence-corrected chi connectivity index (χ3v) is 6.01. The third-order valence-electron chi connectivity index (χ3n) is 6.01. The van der Waals surface area contributed by atoms with Gasteiger partial charge in [-0.1, -0.05) is 45.2 Å². The van der Waals surface area contributed by atoms with Gasteiger partial charge in [0.1, 0.15) is 11.6 Å². The van der Waals surface area contributed by atoms with E-state index in [-0.39, 0.29) is 17.5 Å². The van der Waals surface area contributed by atoms with Crippen LogP contribution in [0.3, 0.4) is 0 Å². The number of methoxy groups -OCH3 is 1. The van der Waals surface area contributed by atoms with Gasteiger partial charge in [0.25, 0.3) is 5.56 Å². The lowest BCUT2D eigenvalue weighted by molar-refractivity contribution is -0.133. The van der Waals surface area contributed by atoms with Crippen molar-refractivity contribution in [3.63, 3.8) is 0 Å². The van der Waals surface area contributed by atoms with Crippen LogP contribution in [0.5, 0.6) is 5.75 Å². The molecular formula is C27H35N3O3. The Hall–Kier alpha value is -3.15. The molecule has 0 bridgehead atoms. The van der Waals surface area contributed by atoms with Crippen molar-refractivity contribution in [2.75, 3.05) is 13.7 Å². The van der Waals surface area contributed by atoms with Crippen LogP contribution >= 0.6 is 0 Å². The molecule has 0 spiro atoms. The van der Waals surface area contributed by atoms with E-state index in [4.69, 9.17) is 9.72 Å². The highest BCUT2D eigenvalue weighted by Gasteiger charge is 2.26. The van der Waals surface area contributed by atoms with Gasteiger partial charge in [-0.25, -0.2) is 4.98 Å². The summed E-state index contributed by atoms with van der Waals surface area (Å²) in [5.41, 5.74) is 1.21. The highest BCUT2D eigenvalue weighted by Crippen LogP contribution is 2.25. The van der Waals surface area contributed by atoms with Gasteiger partial charge in [-0.3, -0.25) is 14.2 Å². The summed E-state index contributed by atoms with van der Waals surface area (Å²) >= 11 is 0. The number of benzene rings is 2. The van der Waals surface area contributed by atoms with Gasteiger partial charge in [0.2, 0.25) is 5.91 Å². The van der Waals surface area contributed by atoms with E-state index in [1.165, 1.54) is 0 Å². The number of para-hydroxylation sites is 1. The maximum Gasteiger partial charge on any atom is 0.266 e. The van der Waals surface area contributed by atoms with Gasteiger partial charge in [-0.15, -0.1) is 0 Å². The highest BCUT2D eigenvalue weighted by molar-refractivity contribution is 5.79. The normalized spacial score (nSPS) is 12.0. The summed E-state index contributed by atoms with van der Waals surface area (Å²) in [5, 5.41) is 0.554. The van der Waals surface area contributed by atoms with Crippen molar-refractivity contribution in [2.45, 2.75) is 65.3 Å². The maximum absolute atomic E-state index is 13.6. The molecule has 6 heteroatoms. The summed E-state index contributed by atoms with van der Waals surface area (Å²) in [7, 11) is 1.61. The molecule has 1 aromatic heterocycles. The van der Waals surface area contributed by atoms with E-state index in [1.54, 1.807) is 17.7 Å². The fraction of sp³-hybridized carbons (Fsp3) is 0.444. The van der Waals surface area contributed by atoms with Gasteiger partial charge < -0.3 is 9.64 Å².